The molecule has 75 valence electrons. The fourth-order valence-electron chi connectivity index (χ4n) is 1.56. The Morgan fingerprint density at radius 1 is 1.31 bits per heavy atom. The highest BCUT2D eigenvalue weighted by Crippen LogP contribution is 2.24. The van der Waals surface area contributed by atoms with E-state index in [0.29, 0.717) is 16.7 Å². The molecule has 1 radical (unpaired) electrons. The fraction of sp³-hybridized carbons (Fsp3) is 0.0833. The number of aromatic nitrogens is 2. The van der Waals surface area contributed by atoms with Crippen LogP contribution in [0.25, 0.3) is 11.3 Å². The van der Waals surface area contributed by atoms with Crippen molar-refractivity contribution in [3.05, 3.63) is 41.6 Å². The average molecular weight is 207 g/mol. The van der Waals surface area contributed by atoms with E-state index in [1.807, 2.05) is 6.07 Å². The zero-order chi connectivity index (χ0) is 11.5. The second-order valence-corrected chi connectivity index (χ2v) is 3.23. The molecule has 2 aromatic rings. The van der Waals surface area contributed by atoms with Crippen LogP contribution in [-0.4, -0.2) is 9.78 Å². The van der Waals surface area contributed by atoms with Gasteiger partial charge in [-0.1, -0.05) is 12.1 Å². The van der Waals surface area contributed by atoms with E-state index in [0.717, 1.165) is 5.69 Å². The lowest BCUT2D eigenvalue weighted by atomic mass is 10.0. The van der Waals surface area contributed by atoms with Crippen LogP contribution in [-0.2, 0) is 7.05 Å². The first-order valence-corrected chi connectivity index (χ1v) is 4.61. The molecule has 0 fully saturated rings. The van der Waals surface area contributed by atoms with Crippen LogP contribution < -0.4 is 0 Å². The summed E-state index contributed by atoms with van der Waals surface area (Å²) in [5, 5.41) is 21.9. The second-order valence-electron chi connectivity index (χ2n) is 3.23. The van der Waals surface area contributed by atoms with Crippen molar-refractivity contribution in [3.8, 4) is 23.4 Å². The lowest BCUT2D eigenvalue weighted by Crippen LogP contribution is -1.96. The first-order chi connectivity index (χ1) is 7.77. The highest BCUT2D eigenvalue weighted by Gasteiger charge is 2.11. The van der Waals surface area contributed by atoms with Crippen LogP contribution in [0.2, 0.25) is 0 Å². The van der Waals surface area contributed by atoms with E-state index in [9.17, 15) is 0 Å². The van der Waals surface area contributed by atoms with Gasteiger partial charge in [0.1, 0.15) is 18.3 Å². The van der Waals surface area contributed by atoms with Gasteiger partial charge in [0.15, 0.2) is 0 Å². The summed E-state index contributed by atoms with van der Waals surface area (Å²) in [4.78, 5) is 0. The predicted octanol–water partition coefficient (Wildman–Crippen LogP) is 1.63. The molecular weight excluding hydrogens is 200 g/mol. The molecule has 16 heavy (non-hydrogen) atoms. The third-order valence-electron chi connectivity index (χ3n) is 2.33. The zero-order valence-corrected chi connectivity index (χ0v) is 8.60. The van der Waals surface area contributed by atoms with Crippen molar-refractivity contribution < 1.29 is 0 Å². The van der Waals surface area contributed by atoms with Crippen molar-refractivity contribution in [2.24, 2.45) is 7.05 Å². The van der Waals surface area contributed by atoms with E-state index in [1.54, 1.807) is 36.0 Å². The predicted molar refractivity (Wildman–Crippen MR) is 56.9 cm³/mol. The van der Waals surface area contributed by atoms with Gasteiger partial charge in [-0.15, -0.1) is 0 Å². The Morgan fingerprint density at radius 2 is 2.12 bits per heavy atom. The van der Waals surface area contributed by atoms with Gasteiger partial charge in [0.25, 0.3) is 0 Å². The number of aryl methyl sites for hydroxylation is 1. The molecule has 0 saturated carbocycles. The van der Waals surface area contributed by atoms with E-state index in [2.05, 4.69) is 17.4 Å². The molecule has 0 amide bonds. The largest absolute Gasteiger partial charge is 0.267 e. The summed E-state index contributed by atoms with van der Waals surface area (Å²) in [5.74, 6) is 0. The molecule has 0 saturated heterocycles. The Kier molecular flexibility index (Phi) is 2.41. The summed E-state index contributed by atoms with van der Waals surface area (Å²) in [5.41, 5.74) is 2.23. The van der Waals surface area contributed by atoms with Gasteiger partial charge in [0, 0.05) is 12.6 Å². The number of benzene rings is 1. The van der Waals surface area contributed by atoms with Gasteiger partial charge >= 0.3 is 0 Å². The Morgan fingerprint density at radius 3 is 2.69 bits per heavy atom. The van der Waals surface area contributed by atoms with Gasteiger partial charge in [0.2, 0.25) is 0 Å². The maximum Gasteiger partial charge on any atom is 0.113 e. The number of rotatable bonds is 1. The first kappa shape index (κ1) is 9.95. The number of nitrogens with zero attached hydrogens (tertiary/aromatic N) is 4. The monoisotopic (exact) mass is 207 g/mol. The standard InChI is InChI=1S/C12H7N4/c1-16-12(5-6-15-16)10-4-2-3-9(7-13)11(10)8-14/h2-5H,1H3. The number of hydrogen-bond acceptors (Lipinski definition) is 3. The highest BCUT2D eigenvalue weighted by atomic mass is 15.3. The second kappa shape index (κ2) is 3.88. The molecule has 0 atom stereocenters. The molecule has 0 N–H and O–H groups in total. The molecule has 0 bridgehead atoms. The molecule has 1 aromatic carbocycles. The van der Waals surface area contributed by atoms with Gasteiger partial charge in [-0.2, -0.15) is 15.6 Å². The summed E-state index contributed by atoms with van der Waals surface area (Å²) >= 11 is 0. The third kappa shape index (κ3) is 1.43. The summed E-state index contributed by atoms with van der Waals surface area (Å²) in [6.45, 7) is 0. The third-order valence-corrected chi connectivity index (χ3v) is 2.33. The quantitative estimate of drug-likeness (QED) is 0.713. The lowest BCUT2D eigenvalue weighted by molar-refractivity contribution is 0.773. The van der Waals surface area contributed by atoms with E-state index < -0.39 is 0 Å². The molecule has 4 nitrogen and oxygen atoms in total. The molecule has 0 unspecified atom stereocenters. The molecule has 2 rings (SSSR count). The van der Waals surface area contributed by atoms with E-state index >= 15 is 0 Å². The molecule has 1 aromatic heterocycles. The minimum atomic E-state index is 0.376. The average Bonchev–Trinajstić information content (AvgIpc) is 2.74. The first-order valence-electron chi connectivity index (χ1n) is 4.61. The topological polar surface area (TPSA) is 65.4 Å². The molecule has 4 heteroatoms. The number of hydrogen-bond donors (Lipinski definition) is 0. The molecule has 0 aliphatic carbocycles. The number of nitriles is 2. The molecule has 0 aliphatic heterocycles. The summed E-state index contributed by atoms with van der Waals surface area (Å²) in [6, 6.07) is 10.9. The summed E-state index contributed by atoms with van der Waals surface area (Å²) in [6.07, 6.45) is 2.71. The molecule has 0 spiro atoms. The van der Waals surface area contributed by atoms with Gasteiger partial charge in [-0.3, -0.25) is 4.68 Å². The normalized spacial score (nSPS) is 9.44. The summed E-state index contributed by atoms with van der Waals surface area (Å²) in [7, 11) is 1.77. The van der Waals surface area contributed by atoms with Crippen molar-refractivity contribution in [2.45, 2.75) is 0 Å². The van der Waals surface area contributed by atoms with Crippen molar-refractivity contribution in [1.82, 2.24) is 9.78 Å². The van der Waals surface area contributed by atoms with E-state index in [1.165, 1.54) is 0 Å². The fourth-order valence-corrected chi connectivity index (χ4v) is 1.56. The van der Waals surface area contributed by atoms with Crippen LogP contribution in [0.1, 0.15) is 11.1 Å². The van der Waals surface area contributed by atoms with Crippen LogP contribution >= 0.6 is 0 Å². The van der Waals surface area contributed by atoms with Crippen molar-refractivity contribution in [1.29, 1.82) is 10.5 Å². The van der Waals surface area contributed by atoms with Crippen molar-refractivity contribution in [2.75, 3.05) is 0 Å². The van der Waals surface area contributed by atoms with Gasteiger partial charge in [-0.05, 0) is 12.1 Å². The Hall–Kier alpha value is -2.59. The Labute approximate surface area is 93.0 Å². The molecule has 0 aliphatic rings. The Balaban J connectivity index is 2.73. The van der Waals surface area contributed by atoms with Crippen molar-refractivity contribution >= 4 is 0 Å². The van der Waals surface area contributed by atoms with Gasteiger partial charge in [0.05, 0.1) is 16.8 Å². The van der Waals surface area contributed by atoms with E-state index in [-0.39, 0.29) is 0 Å². The maximum atomic E-state index is 9.08. The Bertz CT molecular complexity index is 611. The highest BCUT2D eigenvalue weighted by molar-refractivity contribution is 5.71. The summed E-state index contributed by atoms with van der Waals surface area (Å²) < 4.78 is 1.62. The minimum Gasteiger partial charge on any atom is -0.267 e. The van der Waals surface area contributed by atoms with Crippen LogP contribution in [0.4, 0.5) is 0 Å². The maximum absolute atomic E-state index is 9.08. The van der Waals surface area contributed by atoms with Crippen molar-refractivity contribution in [3.63, 3.8) is 0 Å². The van der Waals surface area contributed by atoms with Crippen LogP contribution in [0, 0.1) is 28.9 Å². The molecule has 1 heterocycles. The van der Waals surface area contributed by atoms with Gasteiger partial charge in [-0.25, -0.2) is 0 Å². The van der Waals surface area contributed by atoms with Crippen LogP contribution in [0.5, 0.6) is 0 Å². The van der Waals surface area contributed by atoms with Crippen LogP contribution in [0.3, 0.4) is 0 Å². The smallest absolute Gasteiger partial charge is 0.113 e. The zero-order valence-electron chi connectivity index (χ0n) is 8.60. The minimum absolute atomic E-state index is 0.376. The SMILES string of the molecule is Cn1n[c]cc1-c1cccc(C#N)c1C#N. The van der Waals surface area contributed by atoms with Gasteiger partial charge < -0.3 is 0 Å². The van der Waals surface area contributed by atoms with E-state index in [4.69, 9.17) is 10.5 Å². The lowest BCUT2D eigenvalue weighted by Gasteiger charge is -2.05. The van der Waals surface area contributed by atoms with Crippen LogP contribution in [0.15, 0.2) is 24.3 Å². The molecular formula is C12H7N4.